The highest BCUT2D eigenvalue weighted by molar-refractivity contribution is 5.91. The van der Waals surface area contributed by atoms with Gasteiger partial charge in [-0.1, -0.05) is 36.5 Å². The molecular weight excluding hydrogens is 476 g/mol. The van der Waals surface area contributed by atoms with Gasteiger partial charge in [0.15, 0.2) is 6.29 Å². The van der Waals surface area contributed by atoms with Crippen LogP contribution in [0.25, 0.3) is 0 Å². The molecule has 2 aromatic carbocycles. The molecule has 200 valence electrons. The van der Waals surface area contributed by atoms with Crippen molar-refractivity contribution in [2.75, 3.05) is 33.7 Å². The van der Waals surface area contributed by atoms with E-state index in [2.05, 4.69) is 39.2 Å². The Morgan fingerprint density at radius 2 is 1.84 bits per heavy atom. The third-order valence-corrected chi connectivity index (χ3v) is 7.06. The summed E-state index contributed by atoms with van der Waals surface area (Å²) < 4.78 is 0. The van der Waals surface area contributed by atoms with Gasteiger partial charge in [-0.2, -0.15) is 0 Å². The summed E-state index contributed by atoms with van der Waals surface area (Å²) in [6.07, 6.45) is 7.18. The Labute approximate surface area is 226 Å². The Bertz CT molecular complexity index is 1190. The van der Waals surface area contributed by atoms with Gasteiger partial charge in [-0.3, -0.25) is 9.59 Å². The van der Waals surface area contributed by atoms with Gasteiger partial charge in [-0.25, -0.2) is 4.99 Å². The number of hydrogen-bond acceptors (Lipinski definition) is 5. The maximum Gasteiger partial charge on any atom is 0.219 e. The van der Waals surface area contributed by atoms with Gasteiger partial charge in [0.05, 0.1) is 17.3 Å². The van der Waals surface area contributed by atoms with E-state index in [0.717, 1.165) is 31.1 Å². The molecule has 1 aliphatic heterocycles. The predicted molar refractivity (Wildman–Crippen MR) is 152 cm³/mol. The van der Waals surface area contributed by atoms with Crippen molar-refractivity contribution in [2.45, 2.75) is 51.5 Å². The van der Waals surface area contributed by atoms with E-state index in [9.17, 15) is 14.4 Å². The Hall–Kier alpha value is -3.76. The van der Waals surface area contributed by atoms with E-state index in [1.165, 1.54) is 37.9 Å². The van der Waals surface area contributed by atoms with Gasteiger partial charge < -0.3 is 19.9 Å². The van der Waals surface area contributed by atoms with Crippen LogP contribution in [0.15, 0.2) is 47.5 Å². The minimum atomic E-state index is -0.499. The number of hydrogen-bond donors (Lipinski definition) is 1. The first-order chi connectivity index (χ1) is 18.4. The summed E-state index contributed by atoms with van der Waals surface area (Å²) in [6.45, 7) is 5.28. The largest absolute Gasteiger partial charge is 0.359 e. The molecule has 1 heterocycles. The van der Waals surface area contributed by atoms with Crippen molar-refractivity contribution in [2.24, 2.45) is 4.99 Å². The van der Waals surface area contributed by atoms with Crippen LogP contribution in [-0.2, 0) is 16.0 Å². The highest BCUT2D eigenvalue weighted by Gasteiger charge is 2.17. The summed E-state index contributed by atoms with van der Waals surface area (Å²) in [6, 6.07) is 13.2. The van der Waals surface area contributed by atoms with Crippen molar-refractivity contribution in [3.05, 3.63) is 64.7 Å². The van der Waals surface area contributed by atoms with E-state index in [-0.39, 0.29) is 12.3 Å². The maximum absolute atomic E-state index is 12.0. The van der Waals surface area contributed by atoms with Crippen LogP contribution in [0.5, 0.6) is 0 Å². The van der Waals surface area contributed by atoms with Crippen LogP contribution in [0.1, 0.15) is 66.1 Å². The monoisotopic (exact) mass is 514 g/mol. The van der Waals surface area contributed by atoms with Crippen LogP contribution in [0, 0.1) is 11.8 Å². The fraction of sp³-hybridized carbons (Fsp3) is 0.419. The molecule has 1 saturated heterocycles. The molecule has 0 aromatic heterocycles. The van der Waals surface area contributed by atoms with Gasteiger partial charge >= 0.3 is 0 Å². The van der Waals surface area contributed by atoms with E-state index in [4.69, 9.17) is 0 Å². The summed E-state index contributed by atoms with van der Waals surface area (Å²) in [5, 5.41) is 2.56. The minimum Gasteiger partial charge on any atom is -0.359 e. The smallest absolute Gasteiger partial charge is 0.219 e. The highest BCUT2D eigenvalue weighted by atomic mass is 16.1. The Kier molecular flexibility index (Phi) is 11.3. The lowest BCUT2D eigenvalue weighted by molar-refractivity contribution is -0.121. The zero-order valence-corrected chi connectivity index (χ0v) is 22.7. The molecule has 1 unspecified atom stereocenters. The average Bonchev–Trinajstić information content (AvgIpc) is 2.96. The number of likely N-dealkylation sites (N-methyl/N-ethyl adjacent to an activating group) is 1. The zero-order valence-electron chi connectivity index (χ0n) is 22.7. The quantitative estimate of drug-likeness (QED) is 0.224. The van der Waals surface area contributed by atoms with Crippen LogP contribution in [0.2, 0.25) is 0 Å². The molecule has 0 radical (unpaired) electrons. The van der Waals surface area contributed by atoms with Gasteiger partial charge in [0, 0.05) is 38.2 Å². The molecule has 1 fully saturated rings. The number of nitrogens with one attached hydrogen (secondary N) is 1. The molecule has 0 spiro atoms. The van der Waals surface area contributed by atoms with E-state index in [0.29, 0.717) is 29.1 Å². The zero-order chi connectivity index (χ0) is 27.3. The lowest BCUT2D eigenvalue weighted by Gasteiger charge is -2.26. The number of likely N-dealkylation sites (tertiary alicyclic amines) is 1. The molecule has 0 bridgehead atoms. The first-order valence-electron chi connectivity index (χ1n) is 13.3. The van der Waals surface area contributed by atoms with E-state index >= 15 is 0 Å². The minimum absolute atomic E-state index is 0.124. The number of benzene rings is 2. The van der Waals surface area contributed by atoms with Crippen LogP contribution < -0.4 is 5.32 Å². The molecule has 1 N–H and O–H groups in total. The first kappa shape index (κ1) is 28.8. The lowest BCUT2D eigenvalue weighted by atomic mass is 10.0. The van der Waals surface area contributed by atoms with Crippen molar-refractivity contribution < 1.29 is 14.4 Å². The summed E-state index contributed by atoms with van der Waals surface area (Å²) in [5.41, 5.74) is 3.67. The average molecular weight is 515 g/mol. The second kappa shape index (κ2) is 14.8. The second-order valence-corrected chi connectivity index (χ2v) is 9.64. The van der Waals surface area contributed by atoms with Crippen molar-refractivity contribution in [3.8, 4) is 11.8 Å². The maximum atomic E-state index is 12.0. The van der Waals surface area contributed by atoms with Gasteiger partial charge in [0.1, 0.15) is 12.1 Å². The number of nitrogens with zero attached hydrogens (tertiary/aromatic N) is 3. The number of carbonyl (C=O) groups excluding carboxylic acids is 3. The standard InChI is InChI=1S/C31H38N4O3/c1-24(34(3)28(22-36)16-17-31(38)32-2)33-30-9-7-8-27(29(30)23-37)15-14-25-10-12-26(13-11-25)18-21-35-19-5-4-6-20-35/h7-13,22-23,28H,4-6,16-21H2,1-3H3,(H,32,38)/b33-24-. The van der Waals surface area contributed by atoms with Crippen molar-refractivity contribution in [1.29, 1.82) is 0 Å². The topological polar surface area (TPSA) is 82.1 Å². The molecule has 1 aliphatic rings. The summed E-state index contributed by atoms with van der Waals surface area (Å²) in [7, 11) is 3.32. The van der Waals surface area contributed by atoms with Gasteiger partial charge in [0.2, 0.25) is 5.91 Å². The van der Waals surface area contributed by atoms with Gasteiger partial charge in [-0.15, -0.1) is 0 Å². The Morgan fingerprint density at radius 3 is 2.50 bits per heavy atom. The van der Waals surface area contributed by atoms with Gasteiger partial charge in [0.25, 0.3) is 0 Å². The first-order valence-corrected chi connectivity index (χ1v) is 13.3. The second-order valence-electron chi connectivity index (χ2n) is 9.64. The number of amides is 1. The molecule has 7 heteroatoms. The highest BCUT2D eigenvalue weighted by Crippen LogP contribution is 2.22. The molecule has 38 heavy (non-hydrogen) atoms. The summed E-state index contributed by atoms with van der Waals surface area (Å²) in [5.74, 6) is 6.73. The normalized spacial score (nSPS) is 14.7. The van der Waals surface area contributed by atoms with E-state index in [1.807, 2.05) is 18.2 Å². The fourth-order valence-corrected chi connectivity index (χ4v) is 4.50. The van der Waals surface area contributed by atoms with Crippen LogP contribution >= 0.6 is 0 Å². The van der Waals surface area contributed by atoms with Crippen LogP contribution in [-0.4, -0.2) is 73.9 Å². The molecule has 3 rings (SSSR count). The van der Waals surface area contributed by atoms with Crippen molar-refractivity contribution >= 4 is 30.0 Å². The van der Waals surface area contributed by atoms with Crippen LogP contribution in [0.4, 0.5) is 5.69 Å². The third-order valence-electron chi connectivity index (χ3n) is 7.06. The number of carbonyl (C=O) groups is 3. The Morgan fingerprint density at radius 1 is 1.11 bits per heavy atom. The van der Waals surface area contributed by atoms with E-state index in [1.54, 1.807) is 38.1 Å². The molecule has 1 amide bonds. The molecule has 0 aliphatic carbocycles. The summed E-state index contributed by atoms with van der Waals surface area (Å²) >= 11 is 0. The van der Waals surface area contributed by atoms with Crippen molar-refractivity contribution in [1.82, 2.24) is 15.1 Å². The molecular formula is C31H38N4O3. The lowest BCUT2D eigenvalue weighted by Crippen LogP contribution is -2.37. The molecule has 7 nitrogen and oxygen atoms in total. The predicted octanol–water partition coefficient (Wildman–Crippen LogP) is 4.00. The van der Waals surface area contributed by atoms with Crippen molar-refractivity contribution in [3.63, 3.8) is 0 Å². The third kappa shape index (κ3) is 8.39. The summed E-state index contributed by atoms with van der Waals surface area (Å²) in [4.78, 5) is 44.1. The van der Waals surface area contributed by atoms with E-state index < -0.39 is 6.04 Å². The van der Waals surface area contributed by atoms with Gasteiger partial charge in [-0.05, 0) is 75.5 Å². The molecule has 1 atom stereocenters. The number of aliphatic imine (C=N–C) groups is 1. The Balaban J connectivity index is 1.70. The SMILES string of the molecule is CNC(=O)CCC(C=O)N(C)/C(C)=N\c1cccc(C#Cc2ccc(CCN3CCCCC3)cc2)c1C=O. The number of amidine groups is 1. The molecule has 2 aromatic rings. The number of piperidine rings is 1. The molecule has 0 saturated carbocycles. The number of rotatable bonds is 10. The fourth-order valence-electron chi connectivity index (χ4n) is 4.50. The number of aldehydes is 2. The van der Waals surface area contributed by atoms with Crippen LogP contribution in [0.3, 0.4) is 0 Å².